The molecule has 12 N–H and O–H groups in total. The van der Waals surface area contributed by atoms with Crippen LogP contribution in [0.5, 0.6) is 23.0 Å². The van der Waals surface area contributed by atoms with Gasteiger partial charge in [0.25, 0.3) is 35.1 Å². The smallest absolute Gasteiger partial charge is 0.291 e. The van der Waals surface area contributed by atoms with E-state index in [-0.39, 0.29) is 140 Å². The summed E-state index contributed by atoms with van der Waals surface area (Å²) in [6, 6.07) is 16.9. The van der Waals surface area contributed by atoms with Crippen LogP contribution in [0.25, 0.3) is 22.0 Å². The maximum atomic E-state index is 14.3. The number of imidazole rings is 3. The Hall–Kier alpha value is -13.5. The minimum Gasteiger partial charge on any atom is -0.504 e. The summed E-state index contributed by atoms with van der Waals surface area (Å²) in [6.07, 6.45) is 10.2. The highest BCUT2D eigenvalue weighted by Crippen LogP contribution is 2.41. The molecule has 0 saturated heterocycles. The first-order chi connectivity index (χ1) is 61.3. The number of rotatable bonds is 52. The number of amides is 9. The lowest BCUT2D eigenvalue weighted by atomic mass is 9.93. The fourth-order valence-electron chi connectivity index (χ4n) is 12.8. The molecule has 128 heavy (non-hydrogen) atoms. The van der Waals surface area contributed by atoms with Crippen molar-refractivity contribution < 1.29 is 105 Å². The van der Waals surface area contributed by atoms with Gasteiger partial charge in [0, 0.05) is 165 Å². The molecule has 0 saturated carbocycles. The number of aromatic nitrogens is 10. The number of phenols is 1. The van der Waals surface area contributed by atoms with Gasteiger partial charge in [-0.15, -0.1) is 0 Å². The molecular weight excluding hydrogens is 1670 g/mol. The molecule has 7 heterocycles. The van der Waals surface area contributed by atoms with E-state index < -0.39 is 64.2 Å². The maximum Gasteiger partial charge on any atom is 0.291 e. The molecule has 0 spiro atoms. The second-order valence-corrected chi connectivity index (χ2v) is 29.9. The number of ether oxygens (including phenoxy) is 10. The number of aromatic hydroxyl groups is 1. The van der Waals surface area contributed by atoms with Crippen LogP contribution in [-0.2, 0) is 105 Å². The topological polar surface area (TPSA) is 496 Å². The fraction of sp³-hybridized carbons (Fsp3) is 0.407. The first-order valence-corrected chi connectivity index (χ1v) is 41.0. The average Bonchev–Trinajstić information content (AvgIpc) is 1.48. The summed E-state index contributed by atoms with van der Waals surface area (Å²) in [7, 11) is 9.64. The van der Waals surface area contributed by atoms with Gasteiger partial charge in [0.1, 0.15) is 46.6 Å². The number of anilines is 6. The molecule has 0 radical (unpaired) electrons. The lowest BCUT2D eigenvalue weighted by Crippen LogP contribution is -2.33. The number of halogens is 1. The second-order valence-electron chi connectivity index (χ2n) is 29.9. The summed E-state index contributed by atoms with van der Waals surface area (Å²) in [5.41, 5.74) is 2.38. The molecule has 0 atom stereocenters. The SMILES string of the molecule is Cc1cc(F)cc(C)c1Oc1ccc(C(C)(C)O)cc1-c1cn(C)c(=O)c2[nH]c(C(=O)Nc3ccc(OCCOCCOCCOCCOCCOCCOCCOCCOCCNC(=O)CCNC(=O)c4nc(NC(=O)CCNC(=O)c5cc(NC(=O)c6nc(NC(=O)CCC(=O)Nc7cc(NC(=O)c8nccn8C)cn7C)cn6C)cn5C)cn4C)c(O)c3)cc12. The first kappa shape index (κ1) is 96.7. The van der Waals surface area contributed by atoms with Gasteiger partial charge in [0.2, 0.25) is 35.3 Å². The number of aryl methyl sites for hydroxylation is 8. The van der Waals surface area contributed by atoms with Crippen LogP contribution in [0, 0.1) is 19.7 Å². The molecule has 9 amide bonds. The lowest BCUT2D eigenvalue weighted by molar-refractivity contribution is -0.121. The summed E-state index contributed by atoms with van der Waals surface area (Å²) in [5.74, 6) is -3.62. The number of nitrogens with one attached hydrogen (secondary N) is 10. The highest BCUT2D eigenvalue weighted by molar-refractivity contribution is 6.09. The summed E-state index contributed by atoms with van der Waals surface area (Å²) in [5, 5.41) is 46.3. The molecule has 0 aliphatic rings. The zero-order chi connectivity index (χ0) is 92.0. The van der Waals surface area contributed by atoms with E-state index >= 15 is 0 Å². The van der Waals surface area contributed by atoms with Crippen LogP contribution in [0.3, 0.4) is 0 Å². The average molecular weight is 1780 g/mol. The third kappa shape index (κ3) is 28.8. The molecule has 41 nitrogen and oxygen atoms in total. The molecule has 10 rings (SSSR count). The Morgan fingerprint density at radius 1 is 0.453 bits per heavy atom. The van der Waals surface area contributed by atoms with E-state index in [9.17, 15) is 62.5 Å². The van der Waals surface area contributed by atoms with Gasteiger partial charge in [0.15, 0.2) is 29.0 Å². The first-order valence-electron chi connectivity index (χ1n) is 41.0. The Labute approximate surface area is 734 Å². The van der Waals surface area contributed by atoms with E-state index in [4.69, 9.17) is 47.4 Å². The van der Waals surface area contributed by atoms with Crippen molar-refractivity contribution in [3.63, 3.8) is 0 Å². The second kappa shape index (κ2) is 47.2. The zero-order valence-corrected chi connectivity index (χ0v) is 72.8. The van der Waals surface area contributed by atoms with Gasteiger partial charge in [-0.3, -0.25) is 47.9 Å². The van der Waals surface area contributed by atoms with Crippen LogP contribution in [0.4, 0.5) is 38.9 Å². The van der Waals surface area contributed by atoms with Crippen molar-refractivity contribution in [2.24, 2.45) is 42.3 Å². The quantitative estimate of drug-likeness (QED) is 0.0188. The molecule has 0 aliphatic heterocycles. The van der Waals surface area contributed by atoms with Crippen molar-refractivity contribution in [2.45, 2.75) is 59.0 Å². The van der Waals surface area contributed by atoms with Gasteiger partial charge in [0.05, 0.1) is 123 Å². The Morgan fingerprint density at radius 3 is 1.52 bits per heavy atom. The van der Waals surface area contributed by atoms with Crippen molar-refractivity contribution in [1.82, 2.24) is 63.3 Å². The van der Waals surface area contributed by atoms with Gasteiger partial charge in [-0.25, -0.2) is 19.3 Å². The van der Waals surface area contributed by atoms with Crippen LogP contribution < -0.4 is 62.9 Å². The number of phenolic OH excluding ortho intramolecular Hbond substituents is 1. The number of hydrogen-bond acceptors (Lipinski definition) is 25. The van der Waals surface area contributed by atoms with Crippen LogP contribution in [-0.4, -0.2) is 243 Å². The van der Waals surface area contributed by atoms with E-state index in [1.165, 1.54) is 73.4 Å². The molecule has 0 fully saturated rings. The number of nitrogens with zero attached hydrogens (tertiary/aromatic N) is 9. The molecule has 0 aliphatic carbocycles. The molecule has 7 aromatic heterocycles. The monoisotopic (exact) mass is 1780 g/mol. The van der Waals surface area contributed by atoms with Crippen molar-refractivity contribution in [3.05, 3.63) is 172 Å². The largest absolute Gasteiger partial charge is 0.504 e. The number of aromatic amines is 1. The number of H-pyrrole nitrogens is 1. The van der Waals surface area contributed by atoms with E-state index in [0.29, 0.717) is 149 Å². The number of aliphatic hydroxyl groups is 1. The van der Waals surface area contributed by atoms with Crippen molar-refractivity contribution in [2.75, 3.05) is 164 Å². The summed E-state index contributed by atoms with van der Waals surface area (Å²) in [4.78, 5) is 145. The predicted molar refractivity (Wildman–Crippen MR) is 467 cm³/mol. The van der Waals surface area contributed by atoms with Crippen molar-refractivity contribution in [3.8, 4) is 34.1 Å². The van der Waals surface area contributed by atoms with Gasteiger partial charge in [-0.2, -0.15) is 0 Å². The van der Waals surface area contributed by atoms with Gasteiger partial charge in [-0.1, -0.05) is 6.07 Å². The predicted octanol–water partition coefficient (Wildman–Crippen LogP) is 6.21. The number of hydrogen-bond donors (Lipinski definition) is 12. The van der Waals surface area contributed by atoms with Gasteiger partial charge >= 0.3 is 0 Å². The van der Waals surface area contributed by atoms with Crippen LogP contribution >= 0.6 is 0 Å². The van der Waals surface area contributed by atoms with Gasteiger partial charge < -0.3 is 138 Å². The van der Waals surface area contributed by atoms with Gasteiger partial charge in [-0.05, 0) is 92.9 Å². The van der Waals surface area contributed by atoms with Crippen molar-refractivity contribution in [1.29, 1.82) is 0 Å². The van der Waals surface area contributed by atoms with E-state index in [2.05, 4.69) is 67.8 Å². The summed E-state index contributed by atoms with van der Waals surface area (Å²) in [6.45, 7) is 12.4. The highest BCUT2D eigenvalue weighted by atomic mass is 19.1. The standard InChI is InChI=1S/C86H108FN19O22/c1-53-41-56(87)42-54(2)76(53)128-66-13-11-55(86(3,4)118)43-60(66)62-50-106(10)85(117)75-61(62)47-63(95-75)80(112)92-57-12-14-67(65(107)45-57)127-40-39-126-38-37-125-36-35-124-34-33-123-32-31-122-30-29-121-28-27-120-26-25-119-24-22-88-71(108)17-19-91-82(114)78-98-69(51-104(78)8)97-74(111)18-20-90-81(113)64-44-58(48-102(64)6)93-84(116)79-99-68(52-105(79)9)96-72(109)15-16-73(110)100-70-46-59(49-103(70)7)94-83(115)77-89-21-23-101(77)5/h11-14,21,23,41-52,95,107,118H,15-20,22,24-40H2,1-10H3,(H,88,108)(H,90,113)(H,91,114)(H,92,112)(H,93,116)(H,94,115)(H,96,109)(H,97,111)(H,100,110). The Balaban J connectivity index is 0.478. The van der Waals surface area contributed by atoms with E-state index in [0.717, 1.165) is 0 Å². The molecule has 42 heteroatoms. The molecule has 3 aromatic carbocycles. The third-order valence-electron chi connectivity index (χ3n) is 19.3. The normalized spacial score (nSPS) is 11.4. The van der Waals surface area contributed by atoms with E-state index in [1.807, 2.05) is 0 Å². The third-order valence-corrected chi connectivity index (χ3v) is 19.3. The molecule has 10 aromatic rings. The lowest BCUT2D eigenvalue weighted by Gasteiger charge is -2.22. The van der Waals surface area contributed by atoms with Crippen LogP contribution in [0.2, 0.25) is 0 Å². The van der Waals surface area contributed by atoms with Crippen molar-refractivity contribution >= 4 is 98.6 Å². The number of pyridine rings is 1. The Kier molecular flexibility index (Phi) is 35.7. The number of carbonyl (C=O) groups is 9. The number of benzene rings is 3. The zero-order valence-electron chi connectivity index (χ0n) is 72.8. The Bertz CT molecular complexity index is 5580. The molecular formula is C86H108FN19O22. The minimum atomic E-state index is -1.25. The maximum absolute atomic E-state index is 14.3. The minimum absolute atomic E-state index is 0.00754. The summed E-state index contributed by atoms with van der Waals surface area (Å²) >= 11 is 0. The van der Waals surface area contributed by atoms with Crippen LogP contribution in [0.1, 0.15) is 109 Å². The van der Waals surface area contributed by atoms with E-state index in [1.54, 1.807) is 134 Å². The fourth-order valence-corrected chi connectivity index (χ4v) is 12.8. The molecule has 0 bridgehead atoms. The Morgan fingerprint density at radius 2 is 0.953 bits per heavy atom. The molecule has 0 unspecified atom stereocenters. The highest BCUT2D eigenvalue weighted by Gasteiger charge is 2.27. The number of carbonyl (C=O) groups excluding carboxylic acids is 9. The molecule has 686 valence electrons. The summed E-state index contributed by atoms with van der Waals surface area (Å²) < 4.78 is 79.7. The van der Waals surface area contributed by atoms with Crippen LogP contribution in [0.15, 0.2) is 115 Å². The number of fused-ring (bicyclic) bond motifs is 1.